The number of nitrogen functional groups attached to an aromatic ring is 1. The highest BCUT2D eigenvalue weighted by Crippen LogP contribution is 2.26. The fourth-order valence-electron chi connectivity index (χ4n) is 1.65. The summed E-state index contributed by atoms with van der Waals surface area (Å²) in [4.78, 5) is 7.84. The van der Waals surface area contributed by atoms with E-state index in [1.54, 1.807) is 24.4 Å². The van der Waals surface area contributed by atoms with Gasteiger partial charge in [0, 0.05) is 11.6 Å². The summed E-state index contributed by atoms with van der Waals surface area (Å²) >= 11 is 0. The lowest BCUT2D eigenvalue weighted by Gasteiger charge is -1.95. The summed E-state index contributed by atoms with van der Waals surface area (Å²) in [5.74, 6) is 0.417. The Balaban J connectivity index is 2.18. The number of hydrogen-bond acceptors (Lipinski definition) is 4. The number of fused-ring (bicyclic) bond motifs is 1. The minimum Gasteiger partial charge on any atom is -0.454 e. The molecule has 0 atom stereocenters. The Bertz CT molecular complexity index is 693. The average Bonchev–Trinajstić information content (AvgIpc) is 2.72. The predicted molar refractivity (Wildman–Crippen MR) is 61.6 cm³/mol. The van der Waals surface area contributed by atoms with Gasteiger partial charge in [-0.3, -0.25) is 0 Å². The second-order valence-corrected chi connectivity index (χ2v) is 3.59. The first kappa shape index (κ1) is 9.77. The van der Waals surface area contributed by atoms with E-state index < -0.39 is 0 Å². The summed E-state index contributed by atoms with van der Waals surface area (Å²) in [6.07, 6.45) is 1.55. The van der Waals surface area contributed by atoms with Crippen molar-refractivity contribution in [2.75, 3.05) is 5.73 Å². The molecule has 84 valence electrons. The lowest BCUT2D eigenvalue weighted by Crippen LogP contribution is -1.94. The lowest BCUT2D eigenvalue weighted by atomic mass is 10.2. The fourth-order valence-corrected chi connectivity index (χ4v) is 1.65. The molecule has 4 nitrogen and oxygen atoms in total. The van der Waals surface area contributed by atoms with Gasteiger partial charge in [-0.15, -0.1) is 0 Å². The van der Waals surface area contributed by atoms with Crippen LogP contribution in [0.4, 0.5) is 10.3 Å². The van der Waals surface area contributed by atoms with Crippen molar-refractivity contribution in [3.63, 3.8) is 0 Å². The molecule has 2 N–H and O–H groups in total. The largest absolute Gasteiger partial charge is 0.454 e. The first-order valence-electron chi connectivity index (χ1n) is 5.00. The molecule has 3 rings (SSSR count). The van der Waals surface area contributed by atoms with Gasteiger partial charge in [0.15, 0.2) is 5.76 Å². The van der Waals surface area contributed by atoms with E-state index in [0.717, 1.165) is 0 Å². The van der Waals surface area contributed by atoms with Gasteiger partial charge in [-0.1, -0.05) is 0 Å². The van der Waals surface area contributed by atoms with E-state index >= 15 is 0 Å². The number of hydrogen-bond donors (Lipinski definition) is 1. The molecular formula is C12H8FN3O. The molecule has 0 bridgehead atoms. The van der Waals surface area contributed by atoms with Gasteiger partial charge < -0.3 is 10.2 Å². The van der Waals surface area contributed by atoms with Crippen LogP contribution < -0.4 is 5.73 Å². The van der Waals surface area contributed by atoms with E-state index in [2.05, 4.69) is 9.97 Å². The van der Waals surface area contributed by atoms with E-state index in [-0.39, 0.29) is 11.8 Å². The van der Waals surface area contributed by atoms with Gasteiger partial charge >= 0.3 is 0 Å². The molecule has 2 heterocycles. The van der Waals surface area contributed by atoms with E-state index in [1.807, 2.05) is 0 Å². The van der Waals surface area contributed by atoms with Crippen LogP contribution in [0.3, 0.4) is 0 Å². The summed E-state index contributed by atoms with van der Waals surface area (Å²) in [6, 6.07) is 7.75. The van der Waals surface area contributed by atoms with Gasteiger partial charge in [0.05, 0.1) is 0 Å². The summed E-state index contributed by atoms with van der Waals surface area (Å²) < 4.78 is 18.6. The molecule has 0 fully saturated rings. The fraction of sp³-hybridized carbons (Fsp3) is 0. The van der Waals surface area contributed by atoms with Crippen LogP contribution in [-0.4, -0.2) is 9.97 Å². The SMILES string of the molecule is Nc1nccc(-c2cc3cc(F)ccc3o2)n1. The molecule has 0 aliphatic rings. The van der Waals surface area contributed by atoms with Gasteiger partial charge in [-0.25, -0.2) is 14.4 Å². The predicted octanol–water partition coefficient (Wildman–Crippen LogP) is 2.61. The summed E-state index contributed by atoms with van der Waals surface area (Å²) in [5, 5.41) is 0.692. The maximum absolute atomic E-state index is 13.0. The van der Waals surface area contributed by atoms with Crippen molar-refractivity contribution in [1.82, 2.24) is 9.97 Å². The number of furan rings is 1. The van der Waals surface area contributed by atoms with Gasteiger partial charge in [-0.2, -0.15) is 0 Å². The number of nitrogens with two attached hydrogens (primary N) is 1. The minimum atomic E-state index is -0.299. The van der Waals surface area contributed by atoms with Crippen molar-refractivity contribution in [2.45, 2.75) is 0 Å². The quantitative estimate of drug-likeness (QED) is 0.696. The first-order chi connectivity index (χ1) is 8.22. The number of rotatable bonds is 1. The smallest absolute Gasteiger partial charge is 0.220 e. The molecular weight excluding hydrogens is 221 g/mol. The van der Waals surface area contributed by atoms with Crippen molar-refractivity contribution in [1.29, 1.82) is 0 Å². The highest BCUT2D eigenvalue weighted by atomic mass is 19.1. The third-order valence-electron chi connectivity index (χ3n) is 2.41. The Morgan fingerprint density at radius 2 is 2.06 bits per heavy atom. The molecule has 0 radical (unpaired) electrons. The van der Waals surface area contributed by atoms with Gasteiger partial charge in [-0.05, 0) is 30.3 Å². The lowest BCUT2D eigenvalue weighted by molar-refractivity contribution is 0.617. The van der Waals surface area contributed by atoms with Crippen molar-refractivity contribution in [3.05, 3.63) is 42.3 Å². The number of aromatic nitrogens is 2. The maximum atomic E-state index is 13.0. The summed E-state index contributed by atoms with van der Waals surface area (Å²) in [6.45, 7) is 0. The Labute approximate surface area is 95.9 Å². The van der Waals surface area contributed by atoms with Gasteiger partial charge in [0.25, 0.3) is 0 Å². The van der Waals surface area contributed by atoms with Crippen LogP contribution in [0.25, 0.3) is 22.4 Å². The third-order valence-corrected chi connectivity index (χ3v) is 2.41. The van der Waals surface area contributed by atoms with Crippen molar-refractivity contribution in [2.24, 2.45) is 0 Å². The zero-order chi connectivity index (χ0) is 11.8. The van der Waals surface area contributed by atoms with E-state index in [1.165, 1.54) is 12.1 Å². The normalized spacial score (nSPS) is 10.9. The van der Waals surface area contributed by atoms with Gasteiger partial charge in [0.1, 0.15) is 17.1 Å². The molecule has 0 amide bonds. The second-order valence-electron chi connectivity index (χ2n) is 3.59. The number of anilines is 1. The number of nitrogens with zero attached hydrogens (tertiary/aromatic N) is 2. The highest BCUT2D eigenvalue weighted by molar-refractivity contribution is 5.82. The Hall–Kier alpha value is -2.43. The number of benzene rings is 1. The molecule has 0 aliphatic heterocycles. The minimum absolute atomic E-state index is 0.175. The summed E-state index contributed by atoms with van der Waals surface area (Å²) in [5.41, 5.74) is 6.68. The van der Waals surface area contributed by atoms with Crippen LogP contribution in [0.15, 0.2) is 40.9 Å². The van der Waals surface area contributed by atoms with E-state index in [9.17, 15) is 4.39 Å². The zero-order valence-corrected chi connectivity index (χ0v) is 8.72. The van der Waals surface area contributed by atoms with Crippen LogP contribution in [0.2, 0.25) is 0 Å². The van der Waals surface area contributed by atoms with Gasteiger partial charge in [0.2, 0.25) is 5.95 Å². The van der Waals surface area contributed by atoms with Crippen molar-refractivity contribution >= 4 is 16.9 Å². The van der Waals surface area contributed by atoms with Crippen molar-refractivity contribution < 1.29 is 8.81 Å². The van der Waals surface area contributed by atoms with Crippen LogP contribution in [0.1, 0.15) is 0 Å². The van der Waals surface area contributed by atoms with Crippen LogP contribution in [0.5, 0.6) is 0 Å². The Morgan fingerprint density at radius 3 is 2.88 bits per heavy atom. The molecule has 5 heteroatoms. The molecule has 0 unspecified atom stereocenters. The van der Waals surface area contributed by atoms with Crippen LogP contribution in [-0.2, 0) is 0 Å². The monoisotopic (exact) mass is 229 g/mol. The zero-order valence-electron chi connectivity index (χ0n) is 8.72. The molecule has 2 aromatic heterocycles. The molecule has 0 aliphatic carbocycles. The average molecular weight is 229 g/mol. The Kier molecular flexibility index (Phi) is 2.04. The maximum Gasteiger partial charge on any atom is 0.220 e. The van der Waals surface area contributed by atoms with E-state index in [4.69, 9.17) is 10.2 Å². The molecule has 17 heavy (non-hydrogen) atoms. The topological polar surface area (TPSA) is 64.9 Å². The van der Waals surface area contributed by atoms with Crippen LogP contribution in [0, 0.1) is 5.82 Å². The molecule has 1 aromatic carbocycles. The molecule has 3 aromatic rings. The number of halogens is 1. The van der Waals surface area contributed by atoms with Crippen LogP contribution >= 0.6 is 0 Å². The molecule has 0 saturated carbocycles. The Morgan fingerprint density at radius 1 is 1.18 bits per heavy atom. The highest BCUT2D eigenvalue weighted by Gasteiger charge is 2.08. The third kappa shape index (κ3) is 1.71. The standard InChI is InChI=1S/C12H8FN3O/c13-8-1-2-10-7(5-8)6-11(17-10)9-3-4-15-12(14)16-9/h1-6H,(H2,14,15,16). The van der Waals surface area contributed by atoms with E-state index in [0.29, 0.717) is 22.4 Å². The summed E-state index contributed by atoms with van der Waals surface area (Å²) in [7, 11) is 0. The second kappa shape index (κ2) is 3.55. The molecule has 0 saturated heterocycles. The first-order valence-corrected chi connectivity index (χ1v) is 5.00. The van der Waals surface area contributed by atoms with Crippen molar-refractivity contribution in [3.8, 4) is 11.5 Å². The molecule has 0 spiro atoms.